The van der Waals surface area contributed by atoms with Gasteiger partial charge in [0.25, 0.3) is 0 Å². The van der Waals surface area contributed by atoms with Gasteiger partial charge in [0.05, 0.1) is 12.0 Å². The molecule has 3 rings (SSSR count). The minimum Gasteiger partial charge on any atom is -0.464 e. The molecule has 0 atom stereocenters. The fraction of sp³-hybridized carbons (Fsp3) is 0.143. The highest BCUT2D eigenvalue weighted by atomic mass is 16.3. The minimum absolute atomic E-state index is 0.702. The average Bonchev–Trinajstić information content (AvgIpc) is 2.84. The third-order valence-corrected chi connectivity index (χ3v) is 2.81. The van der Waals surface area contributed by atoms with Gasteiger partial charge in [-0.3, -0.25) is 0 Å². The molecule has 2 aromatic heterocycles. The lowest BCUT2D eigenvalue weighted by Gasteiger charge is -2.01. The van der Waals surface area contributed by atoms with E-state index in [2.05, 4.69) is 21.6 Å². The molecule has 0 bridgehead atoms. The van der Waals surface area contributed by atoms with Gasteiger partial charge in [-0.05, 0) is 18.2 Å². The zero-order valence-electron chi connectivity index (χ0n) is 9.84. The molecule has 0 aliphatic carbocycles. The fourth-order valence-electron chi connectivity index (χ4n) is 1.92. The van der Waals surface area contributed by atoms with Crippen molar-refractivity contribution in [1.82, 2.24) is 15.5 Å². The van der Waals surface area contributed by atoms with E-state index >= 15 is 0 Å². The van der Waals surface area contributed by atoms with E-state index in [1.807, 2.05) is 30.3 Å². The predicted molar refractivity (Wildman–Crippen MR) is 68.8 cm³/mol. The topological polar surface area (TPSA) is 51.0 Å². The molecule has 0 unspecified atom stereocenters. The van der Waals surface area contributed by atoms with Crippen LogP contribution in [0.5, 0.6) is 0 Å². The molecule has 3 aromatic rings. The van der Waals surface area contributed by atoms with Crippen LogP contribution >= 0.6 is 0 Å². The van der Waals surface area contributed by atoms with Crippen LogP contribution in [-0.4, -0.2) is 10.2 Å². The number of aromatic nitrogens is 2. The smallest absolute Gasteiger partial charge is 0.134 e. The van der Waals surface area contributed by atoms with Crippen molar-refractivity contribution in [3.05, 3.63) is 60.1 Å². The highest BCUT2D eigenvalue weighted by Gasteiger charge is 2.04. The van der Waals surface area contributed by atoms with Gasteiger partial charge in [0.1, 0.15) is 5.58 Å². The molecule has 1 N–H and O–H groups in total. The summed E-state index contributed by atoms with van der Waals surface area (Å²) in [7, 11) is 0. The first-order valence-corrected chi connectivity index (χ1v) is 5.86. The van der Waals surface area contributed by atoms with E-state index < -0.39 is 0 Å². The lowest BCUT2D eigenvalue weighted by Crippen LogP contribution is -2.13. The maximum atomic E-state index is 5.48. The minimum atomic E-state index is 0.702. The fourth-order valence-corrected chi connectivity index (χ4v) is 1.92. The molecule has 0 fully saturated rings. The summed E-state index contributed by atoms with van der Waals surface area (Å²) in [6, 6.07) is 11.9. The van der Waals surface area contributed by atoms with E-state index in [9.17, 15) is 0 Å². The SMILES string of the molecule is c1cnnc(CNCc2coc3ccccc23)c1. The molecule has 0 radical (unpaired) electrons. The number of hydrogen-bond acceptors (Lipinski definition) is 4. The van der Waals surface area contributed by atoms with Crippen molar-refractivity contribution >= 4 is 11.0 Å². The van der Waals surface area contributed by atoms with Gasteiger partial charge in [-0.15, -0.1) is 0 Å². The Hall–Kier alpha value is -2.20. The highest BCUT2D eigenvalue weighted by molar-refractivity contribution is 5.80. The molecule has 18 heavy (non-hydrogen) atoms. The van der Waals surface area contributed by atoms with Crippen molar-refractivity contribution in [2.24, 2.45) is 0 Å². The van der Waals surface area contributed by atoms with Crippen molar-refractivity contribution < 1.29 is 4.42 Å². The summed E-state index contributed by atoms with van der Waals surface area (Å²) < 4.78 is 5.48. The number of nitrogens with one attached hydrogen (secondary N) is 1. The molecule has 0 aliphatic rings. The Labute approximate surface area is 105 Å². The second kappa shape index (κ2) is 4.98. The molecule has 4 heteroatoms. The van der Waals surface area contributed by atoms with Gasteiger partial charge in [-0.2, -0.15) is 10.2 Å². The van der Waals surface area contributed by atoms with E-state index in [-0.39, 0.29) is 0 Å². The van der Waals surface area contributed by atoms with Gasteiger partial charge in [0.15, 0.2) is 0 Å². The van der Waals surface area contributed by atoms with Crippen LogP contribution in [0.2, 0.25) is 0 Å². The van der Waals surface area contributed by atoms with Gasteiger partial charge < -0.3 is 9.73 Å². The van der Waals surface area contributed by atoms with Gasteiger partial charge in [-0.25, -0.2) is 0 Å². The quantitative estimate of drug-likeness (QED) is 0.760. The number of rotatable bonds is 4. The maximum Gasteiger partial charge on any atom is 0.134 e. The zero-order valence-corrected chi connectivity index (χ0v) is 9.84. The van der Waals surface area contributed by atoms with Crippen LogP contribution in [-0.2, 0) is 13.1 Å². The van der Waals surface area contributed by atoms with Crippen molar-refractivity contribution in [3.8, 4) is 0 Å². The Kier molecular flexibility index (Phi) is 3.02. The number of fused-ring (bicyclic) bond motifs is 1. The molecule has 4 nitrogen and oxygen atoms in total. The molecular formula is C14H13N3O. The third kappa shape index (κ3) is 2.24. The summed E-state index contributed by atoms with van der Waals surface area (Å²) in [4.78, 5) is 0. The predicted octanol–water partition coefficient (Wildman–Crippen LogP) is 2.51. The van der Waals surface area contributed by atoms with Crippen LogP contribution in [0, 0.1) is 0 Å². The Bertz CT molecular complexity index is 634. The monoisotopic (exact) mass is 239 g/mol. The number of para-hydroxylation sites is 1. The summed E-state index contributed by atoms with van der Waals surface area (Å²) >= 11 is 0. The van der Waals surface area contributed by atoms with Crippen LogP contribution < -0.4 is 5.32 Å². The maximum absolute atomic E-state index is 5.48. The first-order chi connectivity index (χ1) is 8.93. The summed E-state index contributed by atoms with van der Waals surface area (Å²) in [5.41, 5.74) is 3.02. The Morgan fingerprint density at radius 3 is 2.89 bits per heavy atom. The first-order valence-electron chi connectivity index (χ1n) is 5.86. The van der Waals surface area contributed by atoms with Crippen LogP contribution in [0.15, 0.2) is 53.3 Å². The van der Waals surface area contributed by atoms with Crippen molar-refractivity contribution in [3.63, 3.8) is 0 Å². The largest absolute Gasteiger partial charge is 0.464 e. The molecule has 0 saturated carbocycles. The van der Waals surface area contributed by atoms with E-state index in [4.69, 9.17) is 4.42 Å². The van der Waals surface area contributed by atoms with Crippen molar-refractivity contribution in [2.45, 2.75) is 13.1 Å². The number of furan rings is 1. The molecule has 2 heterocycles. The van der Waals surface area contributed by atoms with E-state index in [1.165, 1.54) is 0 Å². The molecular weight excluding hydrogens is 226 g/mol. The standard InChI is InChI=1S/C14H13N3O/c1-2-6-14-13(5-1)11(10-18-14)8-15-9-12-4-3-7-16-17-12/h1-7,10,15H,8-9H2. The van der Waals surface area contributed by atoms with Crippen molar-refractivity contribution in [2.75, 3.05) is 0 Å². The number of nitrogens with zero attached hydrogens (tertiary/aromatic N) is 2. The van der Waals surface area contributed by atoms with Crippen LogP contribution in [0.4, 0.5) is 0 Å². The summed E-state index contributed by atoms with van der Waals surface area (Å²) in [6.45, 7) is 1.46. The van der Waals surface area contributed by atoms with Crippen molar-refractivity contribution in [1.29, 1.82) is 0 Å². The summed E-state index contributed by atoms with van der Waals surface area (Å²) in [5.74, 6) is 0. The van der Waals surface area contributed by atoms with Crippen LogP contribution in [0.25, 0.3) is 11.0 Å². The molecule has 90 valence electrons. The molecule has 0 aliphatic heterocycles. The molecule has 0 saturated heterocycles. The second-order valence-corrected chi connectivity index (χ2v) is 4.08. The Morgan fingerprint density at radius 1 is 1.06 bits per heavy atom. The number of hydrogen-bond donors (Lipinski definition) is 1. The summed E-state index contributed by atoms with van der Waals surface area (Å²) in [6.07, 6.45) is 3.47. The Balaban J connectivity index is 1.67. The number of benzene rings is 1. The zero-order chi connectivity index (χ0) is 12.2. The van der Waals surface area contributed by atoms with E-state index in [1.54, 1.807) is 12.5 Å². The first kappa shape index (κ1) is 10.9. The third-order valence-electron chi connectivity index (χ3n) is 2.81. The summed E-state index contributed by atoms with van der Waals surface area (Å²) in [5, 5.41) is 12.4. The molecule has 0 amide bonds. The van der Waals surface area contributed by atoms with Crippen LogP contribution in [0.1, 0.15) is 11.3 Å². The lowest BCUT2D eigenvalue weighted by atomic mass is 10.2. The van der Waals surface area contributed by atoms with E-state index in [0.717, 1.165) is 28.8 Å². The molecule has 0 spiro atoms. The van der Waals surface area contributed by atoms with E-state index in [0.29, 0.717) is 6.54 Å². The van der Waals surface area contributed by atoms with Gasteiger partial charge in [0.2, 0.25) is 0 Å². The normalized spacial score (nSPS) is 10.9. The highest BCUT2D eigenvalue weighted by Crippen LogP contribution is 2.20. The average molecular weight is 239 g/mol. The molecule has 1 aromatic carbocycles. The van der Waals surface area contributed by atoms with Gasteiger partial charge in [-0.1, -0.05) is 18.2 Å². The van der Waals surface area contributed by atoms with Gasteiger partial charge >= 0.3 is 0 Å². The lowest BCUT2D eigenvalue weighted by molar-refractivity contribution is 0.600. The second-order valence-electron chi connectivity index (χ2n) is 4.08. The van der Waals surface area contributed by atoms with Gasteiger partial charge in [0, 0.05) is 30.2 Å². The Morgan fingerprint density at radius 2 is 2.00 bits per heavy atom. The van der Waals surface area contributed by atoms with Crippen LogP contribution in [0.3, 0.4) is 0 Å².